The normalized spacial score (nSPS) is 12.2. The van der Waals surface area contributed by atoms with Crippen molar-refractivity contribution in [3.63, 3.8) is 0 Å². The molecule has 0 aliphatic heterocycles. The molecule has 0 aliphatic rings. The van der Waals surface area contributed by atoms with E-state index in [1.165, 1.54) is 42.5 Å². The summed E-state index contributed by atoms with van der Waals surface area (Å²) in [5.74, 6) is -0.357. The summed E-state index contributed by atoms with van der Waals surface area (Å²) in [6.45, 7) is -1.15. The molecule has 0 fully saturated rings. The Hall–Kier alpha value is -3.29. The predicted molar refractivity (Wildman–Crippen MR) is 91.8 cm³/mol. The number of non-ortho nitro benzene ring substituents is 1. The van der Waals surface area contributed by atoms with Gasteiger partial charge in [0.25, 0.3) is 5.69 Å². The van der Waals surface area contributed by atoms with E-state index in [4.69, 9.17) is 0 Å². The third kappa shape index (κ3) is 5.66. The molecular formula is C18H16F2N2O4. The second kappa shape index (κ2) is 8.70. The van der Waals surface area contributed by atoms with Crippen LogP contribution in [0.5, 0.6) is 5.75 Å². The molecule has 0 radical (unpaired) electrons. The van der Waals surface area contributed by atoms with Gasteiger partial charge in [0, 0.05) is 18.2 Å². The van der Waals surface area contributed by atoms with Crippen LogP contribution in [0.3, 0.4) is 0 Å². The summed E-state index contributed by atoms with van der Waals surface area (Å²) in [6, 6.07) is 11.5. The quantitative estimate of drug-likeness (QED) is 0.457. The van der Waals surface area contributed by atoms with Crippen LogP contribution in [0.25, 0.3) is 6.08 Å². The molecular weight excluding hydrogens is 346 g/mol. The summed E-state index contributed by atoms with van der Waals surface area (Å²) < 4.78 is 28.5. The zero-order valence-corrected chi connectivity index (χ0v) is 13.8. The number of nitrogens with zero attached hydrogens (tertiary/aromatic N) is 1. The topological polar surface area (TPSA) is 81.5 Å². The van der Waals surface area contributed by atoms with Crippen LogP contribution in [0.2, 0.25) is 0 Å². The first-order valence-corrected chi connectivity index (χ1v) is 7.63. The number of nitro groups is 1. The fourth-order valence-corrected chi connectivity index (χ4v) is 2.20. The van der Waals surface area contributed by atoms with Crippen LogP contribution < -0.4 is 10.1 Å². The Bertz CT molecular complexity index is 807. The van der Waals surface area contributed by atoms with Crippen LogP contribution in [-0.2, 0) is 4.79 Å². The number of hydrogen-bond acceptors (Lipinski definition) is 4. The van der Waals surface area contributed by atoms with E-state index in [9.17, 15) is 23.7 Å². The molecule has 0 spiro atoms. The van der Waals surface area contributed by atoms with Gasteiger partial charge in [-0.25, -0.2) is 0 Å². The summed E-state index contributed by atoms with van der Waals surface area (Å²) in [6.07, 6.45) is 2.73. The number of nitro benzene ring substituents is 1. The van der Waals surface area contributed by atoms with Crippen LogP contribution in [-0.4, -0.2) is 17.4 Å². The number of ether oxygens (including phenoxy) is 1. The van der Waals surface area contributed by atoms with Crippen LogP contribution >= 0.6 is 0 Å². The van der Waals surface area contributed by atoms with E-state index in [0.717, 1.165) is 0 Å². The van der Waals surface area contributed by atoms with E-state index in [-0.39, 0.29) is 17.5 Å². The van der Waals surface area contributed by atoms with Crippen LogP contribution in [0, 0.1) is 10.1 Å². The maximum absolute atomic E-state index is 12.1. The predicted octanol–water partition coefficient (Wildman–Crippen LogP) is 4.09. The van der Waals surface area contributed by atoms with Crippen molar-refractivity contribution >= 4 is 17.7 Å². The third-order valence-corrected chi connectivity index (χ3v) is 3.47. The number of nitrogens with one attached hydrogen (secondary N) is 1. The monoisotopic (exact) mass is 362 g/mol. The van der Waals surface area contributed by atoms with Crippen molar-refractivity contribution in [1.29, 1.82) is 0 Å². The van der Waals surface area contributed by atoms with Gasteiger partial charge in [0.1, 0.15) is 5.75 Å². The number of amides is 1. The van der Waals surface area contributed by atoms with Gasteiger partial charge in [-0.05, 0) is 36.3 Å². The molecule has 1 atom stereocenters. The van der Waals surface area contributed by atoms with Gasteiger partial charge in [-0.3, -0.25) is 14.9 Å². The van der Waals surface area contributed by atoms with Gasteiger partial charge in [-0.1, -0.05) is 24.3 Å². The third-order valence-electron chi connectivity index (χ3n) is 3.47. The molecule has 0 saturated carbocycles. The molecule has 0 heterocycles. The number of rotatable bonds is 7. The molecule has 0 saturated heterocycles. The highest BCUT2D eigenvalue weighted by Crippen LogP contribution is 2.19. The largest absolute Gasteiger partial charge is 0.435 e. The number of carbonyl (C=O) groups excluding carboxylic acids is 1. The molecule has 0 unspecified atom stereocenters. The van der Waals surface area contributed by atoms with Crippen LogP contribution in [0.4, 0.5) is 14.5 Å². The molecule has 0 aliphatic carbocycles. The van der Waals surface area contributed by atoms with E-state index < -0.39 is 17.4 Å². The summed E-state index contributed by atoms with van der Waals surface area (Å²) >= 11 is 0. The minimum atomic E-state index is -2.89. The van der Waals surface area contributed by atoms with Crippen molar-refractivity contribution in [3.8, 4) is 5.75 Å². The maximum Gasteiger partial charge on any atom is 0.387 e. The highest BCUT2D eigenvalue weighted by atomic mass is 19.3. The van der Waals surface area contributed by atoms with Gasteiger partial charge in [-0.15, -0.1) is 0 Å². The summed E-state index contributed by atoms with van der Waals surface area (Å²) in [7, 11) is 0. The molecule has 2 aromatic rings. The summed E-state index contributed by atoms with van der Waals surface area (Å²) in [5.41, 5.74) is 1.17. The second-order valence-electron chi connectivity index (χ2n) is 5.36. The fraction of sp³-hybridized carbons (Fsp3) is 0.167. The first-order chi connectivity index (χ1) is 12.3. The number of alkyl halides is 2. The van der Waals surface area contributed by atoms with Gasteiger partial charge >= 0.3 is 6.61 Å². The number of halogens is 2. The molecule has 136 valence electrons. The molecule has 1 N–H and O–H groups in total. The smallest absolute Gasteiger partial charge is 0.387 e. The highest BCUT2D eigenvalue weighted by Gasteiger charge is 2.10. The van der Waals surface area contributed by atoms with Crippen molar-refractivity contribution < 1.29 is 23.2 Å². The van der Waals surface area contributed by atoms with E-state index in [1.807, 2.05) is 0 Å². The average molecular weight is 362 g/mol. The maximum atomic E-state index is 12.1. The van der Waals surface area contributed by atoms with Crippen LogP contribution in [0.1, 0.15) is 24.1 Å². The number of hydrogen-bond donors (Lipinski definition) is 1. The Labute approximate surface area is 148 Å². The molecule has 26 heavy (non-hydrogen) atoms. The first-order valence-electron chi connectivity index (χ1n) is 7.63. The average Bonchev–Trinajstić information content (AvgIpc) is 2.60. The Morgan fingerprint density at radius 1 is 1.23 bits per heavy atom. The van der Waals surface area contributed by atoms with Crippen molar-refractivity contribution in [2.45, 2.75) is 19.6 Å². The Morgan fingerprint density at radius 3 is 2.54 bits per heavy atom. The van der Waals surface area contributed by atoms with Gasteiger partial charge in [0.15, 0.2) is 0 Å². The van der Waals surface area contributed by atoms with E-state index in [0.29, 0.717) is 11.1 Å². The van der Waals surface area contributed by atoms with Crippen molar-refractivity contribution in [2.24, 2.45) is 0 Å². The zero-order valence-electron chi connectivity index (χ0n) is 13.8. The lowest BCUT2D eigenvalue weighted by molar-refractivity contribution is -0.384. The summed E-state index contributed by atoms with van der Waals surface area (Å²) in [5, 5.41) is 13.4. The van der Waals surface area contributed by atoms with Crippen molar-refractivity contribution in [2.75, 3.05) is 0 Å². The number of benzene rings is 2. The second-order valence-corrected chi connectivity index (χ2v) is 5.36. The van der Waals surface area contributed by atoms with Crippen molar-refractivity contribution in [3.05, 3.63) is 75.8 Å². The minimum Gasteiger partial charge on any atom is -0.435 e. The van der Waals surface area contributed by atoms with Crippen molar-refractivity contribution in [1.82, 2.24) is 5.32 Å². The molecule has 2 rings (SSSR count). The Morgan fingerprint density at radius 2 is 1.92 bits per heavy atom. The highest BCUT2D eigenvalue weighted by molar-refractivity contribution is 5.92. The Kier molecular flexibility index (Phi) is 6.37. The van der Waals surface area contributed by atoms with E-state index in [2.05, 4.69) is 10.1 Å². The molecule has 0 aromatic heterocycles. The van der Waals surface area contributed by atoms with E-state index >= 15 is 0 Å². The molecule has 1 amide bonds. The summed E-state index contributed by atoms with van der Waals surface area (Å²) in [4.78, 5) is 22.2. The minimum absolute atomic E-state index is 0.0350. The van der Waals surface area contributed by atoms with Gasteiger partial charge in [0.05, 0.1) is 11.0 Å². The first kappa shape index (κ1) is 19.0. The van der Waals surface area contributed by atoms with Gasteiger partial charge in [-0.2, -0.15) is 8.78 Å². The molecule has 8 heteroatoms. The zero-order chi connectivity index (χ0) is 19.1. The molecule has 0 bridgehead atoms. The lowest BCUT2D eigenvalue weighted by Crippen LogP contribution is -2.24. The molecule has 6 nitrogen and oxygen atoms in total. The van der Waals surface area contributed by atoms with Gasteiger partial charge < -0.3 is 10.1 Å². The molecule has 2 aromatic carbocycles. The van der Waals surface area contributed by atoms with Gasteiger partial charge in [0.2, 0.25) is 5.91 Å². The Balaban J connectivity index is 1.96. The standard InChI is InChI=1S/C18H16F2N2O4/c1-12(14-6-8-16(9-7-14)26-18(19)20)21-17(23)10-5-13-3-2-4-15(11-13)22(24)25/h2-12,18H,1H3,(H,21,23)/b10-5+/t12-/m0/s1. The van der Waals surface area contributed by atoms with E-state index in [1.54, 1.807) is 25.1 Å². The number of carbonyl (C=O) groups is 1. The SMILES string of the molecule is C[C@H](NC(=O)/C=C/c1cccc([N+](=O)[O-])c1)c1ccc(OC(F)F)cc1. The van der Waals surface area contributed by atoms with Crippen LogP contribution in [0.15, 0.2) is 54.6 Å². The fourth-order valence-electron chi connectivity index (χ4n) is 2.20. The lowest BCUT2D eigenvalue weighted by atomic mass is 10.1. The lowest BCUT2D eigenvalue weighted by Gasteiger charge is -2.13.